The average Bonchev–Trinajstić information content (AvgIpc) is 2.55. The van der Waals surface area contributed by atoms with Crippen LogP contribution < -0.4 is 5.56 Å². The zero-order valence-electron chi connectivity index (χ0n) is 11.3. The Balaban J connectivity index is 1.83. The minimum atomic E-state index is -0.750. The van der Waals surface area contributed by atoms with Crippen LogP contribution in [0.4, 0.5) is 0 Å². The molecule has 0 fully saturated rings. The van der Waals surface area contributed by atoms with Crippen molar-refractivity contribution in [1.82, 2.24) is 15.0 Å². The van der Waals surface area contributed by atoms with E-state index in [0.717, 1.165) is 4.68 Å². The van der Waals surface area contributed by atoms with Crippen LogP contribution in [0.5, 0.6) is 5.75 Å². The number of ether oxygens (including phenoxy) is 1. The van der Waals surface area contributed by atoms with Gasteiger partial charge in [0.1, 0.15) is 16.8 Å². The second kappa shape index (κ2) is 5.65. The first-order valence-electron chi connectivity index (χ1n) is 6.44. The van der Waals surface area contributed by atoms with Gasteiger partial charge in [-0.15, -0.1) is 5.10 Å². The number of fused-ring (bicyclic) bond motifs is 1. The quantitative estimate of drug-likeness (QED) is 0.732. The molecule has 1 N–H and O–H groups in total. The van der Waals surface area contributed by atoms with Gasteiger partial charge in [0.15, 0.2) is 6.73 Å². The summed E-state index contributed by atoms with van der Waals surface area (Å²) in [4.78, 5) is 24.0. The van der Waals surface area contributed by atoms with Crippen LogP contribution in [0, 0.1) is 0 Å². The molecule has 0 unspecified atom stereocenters. The number of phenols is 1. The van der Waals surface area contributed by atoms with E-state index >= 15 is 0 Å². The molecule has 22 heavy (non-hydrogen) atoms. The maximum Gasteiger partial charge on any atom is 0.343 e. The van der Waals surface area contributed by atoms with Crippen LogP contribution in [0.3, 0.4) is 0 Å². The molecule has 7 nitrogen and oxygen atoms in total. The molecule has 0 saturated carbocycles. The molecule has 3 aromatic rings. The second-order valence-electron chi connectivity index (χ2n) is 4.49. The highest BCUT2D eigenvalue weighted by Gasteiger charge is 2.13. The zero-order valence-corrected chi connectivity index (χ0v) is 11.3. The number of hydrogen-bond donors (Lipinski definition) is 1. The van der Waals surface area contributed by atoms with Crippen molar-refractivity contribution in [2.24, 2.45) is 0 Å². The molecule has 7 heteroatoms. The summed E-state index contributed by atoms with van der Waals surface area (Å²) in [6, 6.07) is 12.7. The number of hydrogen-bond acceptors (Lipinski definition) is 6. The first-order valence-corrected chi connectivity index (χ1v) is 6.44. The maximum absolute atomic E-state index is 12.2. The summed E-state index contributed by atoms with van der Waals surface area (Å²) in [5, 5.41) is 17.6. The number of rotatable bonds is 3. The minimum absolute atomic E-state index is 0.0179. The van der Waals surface area contributed by atoms with Crippen LogP contribution in [-0.2, 0) is 11.5 Å². The lowest BCUT2D eigenvalue weighted by Gasteiger charge is -2.07. The van der Waals surface area contributed by atoms with E-state index in [-0.39, 0.29) is 18.0 Å². The van der Waals surface area contributed by atoms with Crippen molar-refractivity contribution < 1.29 is 14.6 Å². The summed E-state index contributed by atoms with van der Waals surface area (Å²) in [5.74, 6) is -0.940. The number of aromatic hydroxyl groups is 1. The highest BCUT2D eigenvalue weighted by atomic mass is 16.5. The van der Waals surface area contributed by atoms with E-state index in [4.69, 9.17) is 4.74 Å². The first kappa shape index (κ1) is 13.7. The minimum Gasteiger partial charge on any atom is -0.507 e. The van der Waals surface area contributed by atoms with Crippen molar-refractivity contribution >= 4 is 16.9 Å². The standard InChI is InChI=1S/C15H11N3O4/c19-13-8-4-2-6-11(13)15(21)22-9-18-14(20)10-5-1-3-7-12(10)16-17-18/h1-8,19H,9H2. The lowest BCUT2D eigenvalue weighted by atomic mass is 10.2. The third-order valence-electron chi connectivity index (χ3n) is 3.07. The van der Waals surface area contributed by atoms with Gasteiger partial charge in [-0.25, -0.2) is 4.79 Å². The van der Waals surface area contributed by atoms with Crippen LogP contribution in [0.2, 0.25) is 0 Å². The summed E-state index contributed by atoms with van der Waals surface area (Å²) < 4.78 is 5.93. The molecule has 0 aliphatic rings. The van der Waals surface area contributed by atoms with Gasteiger partial charge in [-0.2, -0.15) is 4.68 Å². The average molecular weight is 297 g/mol. The maximum atomic E-state index is 12.2. The van der Waals surface area contributed by atoms with E-state index in [9.17, 15) is 14.7 Å². The Hall–Kier alpha value is -3.22. The Morgan fingerprint density at radius 2 is 1.86 bits per heavy atom. The largest absolute Gasteiger partial charge is 0.507 e. The first-order chi connectivity index (χ1) is 10.7. The molecule has 0 amide bonds. The molecule has 0 aliphatic heterocycles. The van der Waals surface area contributed by atoms with Gasteiger partial charge in [0.25, 0.3) is 5.56 Å². The Morgan fingerprint density at radius 3 is 2.68 bits per heavy atom. The van der Waals surface area contributed by atoms with Gasteiger partial charge in [-0.1, -0.05) is 29.5 Å². The van der Waals surface area contributed by atoms with Crippen molar-refractivity contribution in [2.45, 2.75) is 6.73 Å². The molecule has 1 heterocycles. The number of carbonyl (C=O) groups is 1. The van der Waals surface area contributed by atoms with Gasteiger partial charge in [0, 0.05) is 0 Å². The van der Waals surface area contributed by atoms with E-state index in [0.29, 0.717) is 10.9 Å². The Labute approximate surface area is 124 Å². The third-order valence-corrected chi connectivity index (χ3v) is 3.07. The predicted molar refractivity (Wildman–Crippen MR) is 77.3 cm³/mol. The molecule has 110 valence electrons. The highest BCUT2D eigenvalue weighted by molar-refractivity contribution is 5.92. The molecular formula is C15H11N3O4. The molecule has 3 rings (SSSR count). The van der Waals surface area contributed by atoms with E-state index in [1.165, 1.54) is 12.1 Å². The normalized spacial score (nSPS) is 10.5. The monoisotopic (exact) mass is 297 g/mol. The third kappa shape index (κ3) is 2.51. The van der Waals surface area contributed by atoms with Gasteiger partial charge >= 0.3 is 5.97 Å². The van der Waals surface area contributed by atoms with Crippen molar-refractivity contribution in [3.05, 3.63) is 64.4 Å². The molecule has 1 aromatic heterocycles. The molecule has 0 atom stereocenters. The van der Waals surface area contributed by atoms with Crippen LogP contribution in [0.15, 0.2) is 53.3 Å². The van der Waals surface area contributed by atoms with Crippen molar-refractivity contribution in [3.63, 3.8) is 0 Å². The lowest BCUT2D eigenvalue weighted by molar-refractivity contribution is 0.0333. The van der Waals surface area contributed by atoms with Crippen molar-refractivity contribution in [2.75, 3.05) is 0 Å². The molecule has 0 spiro atoms. The summed E-state index contributed by atoms with van der Waals surface area (Å²) in [6.45, 7) is -0.385. The number of nitrogens with zero attached hydrogens (tertiary/aromatic N) is 3. The number of aromatic nitrogens is 3. The van der Waals surface area contributed by atoms with Gasteiger partial charge in [0.2, 0.25) is 0 Å². The molecule has 2 aromatic carbocycles. The summed E-state index contributed by atoms with van der Waals surface area (Å²) in [7, 11) is 0. The number of benzene rings is 2. The fourth-order valence-corrected chi connectivity index (χ4v) is 1.95. The molecule has 0 saturated heterocycles. The van der Waals surface area contributed by atoms with Crippen LogP contribution >= 0.6 is 0 Å². The number of para-hydroxylation sites is 1. The van der Waals surface area contributed by atoms with E-state index in [1.54, 1.807) is 36.4 Å². The summed E-state index contributed by atoms with van der Waals surface area (Å²) in [5.41, 5.74) is 0.0794. The van der Waals surface area contributed by atoms with Gasteiger partial charge in [-0.05, 0) is 24.3 Å². The van der Waals surface area contributed by atoms with Gasteiger partial charge < -0.3 is 9.84 Å². The van der Waals surface area contributed by atoms with E-state index in [1.807, 2.05) is 0 Å². The smallest absolute Gasteiger partial charge is 0.343 e. The number of phenolic OH excluding ortho intramolecular Hbond substituents is 1. The molecule has 0 radical (unpaired) electrons. The number of esters is 1. The Morgan fingerprint density at radius 1 is 1.14 bits per heavy atom. The fraction of sp³-hybridized carbons (Fsp3) is 0.0667. The summed E-state index contributed by atoms with van der Waals surface area (Å²) in [6.07, 6.45) is 0. The van der Waals surface area contributed by atoms with Gasteiger partial charge in [0.05, 0.1) is 5.39 Å². The van der Waals surface area contributed by atoms with Crippen LogP contribution in [0.25, 0.3) is 10.9 Å². The molecule has 0 bridgehead atoms. The lowest BCUT2D eigenvalue weighted by Crippen LogP contribution is -2.26. The predicted octanol–water partition coefficient (Wildman–Crippen LogP) is 1.31. The van der Waals surface area contributed by atoms with Crippen molar-refractivity contribution in [1.29, 1.82) is 0 Å². The summed E-state index contributed by atoms with van der Waals surface area (Å²) >= 11 is 0. The number of carbonyl (C=O) groups excluding carboxylic acids is 1. The zero-order chi connectivity index (χ0) is 15.5. The Kier molecular flexibility index (Phi) is 3.53. The van der Waals surface area contributed by atoms with Crippen LogP contribution in [0.1, 0.15) is 10.4 Å². The molecular weight excluding hydrogens is 286 g/mol. The fourth-order valence-electron chi connectivity index (χ4n) is 1.95. The Bertz CT molecular complexity index is 904. The highest BCUT2D eigenvalue weighted by Crippen LogP contribution is 2.16. The van der Waals surface area contributed by atoms with Gasteiger partial charge in [-0.3, -0.25) is 4.79 Å². The van der Waals surface area contributed by atoms with Crippen molar-refractivity contribution in [3.8, 4) is 5.75 Å². The second-order valence-corrected chi connectivity index (χ2v) is 4.49. The molecule has 0 aliphatic carbocycles. The topological polar surface area (TPSA) is 94.3 Å². The SMILES string of the molecule is O=C(OCn1nnc2ccccc2c1=O)c1ccccc1O. The van der Waals surface area contributed by atoms with E-state index in [2.05, 4.69) is 10.3 Å². The van der Waals surface area contributed by atoms with Crippen LogP contribution in [-0.4, -0.2) is 26.1 Å². The van der Waals surface area contributed by atoms with E-state index < -0.39 is 11.5 Å².